The van der Waals surface area contributed by atoms with Crippen LogP contribution in [0, 0.1) is 0 Å². The molecule has 1 aromatic carbocycles. The fourth-order valence-electron chi connectivity index (χ4n) is 4.48. The van der Waals surface area contributed by atoms with Crippen molar-refractivity contribution >= 4 is 0 Å². The lowest BCUT2D eigenvalue weighted by atomic mass is 9.88. The van der Waals surface area contributed by atoms with Gasteiger partial charge in [0.05, 0.1) is 0 Å². The van der Waals surface area contributed by atoms with Crippen molar-refractivity contribution < 1.29 is 4.74 Å². The summed E-state index contributed by atoms with van der Waals surface area (Å²) < 4.78 is 5.66. The summed E-state index contributed by atoms with van der Waals surface area (Å²) >= 11 is 0. The van der Waals surface area contributed by atoms with Gasteiger partial charge in [0.15, 0.2) is 0 Å². The molecule has 0 bridgehead atoms. The van der Waals surface area contributed by atoms with E-state index >= 15 is 0 Å². The quantitative estimate of drug-likeness (QED) is 0.798. The van der Waals surface area contributed by atoms with Crippen molar-refractivity contribution in [3.63, 3.8) is 0 Å². The van der Waals surface area contributed by atoms with E-state index in [9.17, 15) is 0 Å². The van der Waals surface area contributed by atoms with E-state index in [0.29, 0.717) is 12.1 Å². The molecule has 0 amide bonds. The van der Waals surface area contributed by atoms with Gasteiger partial charge in [0, 0.05) is 56.5 Å². The van der Waals surface area contributed by atoms with E-state index in [1.807, 2.05) is 0 Å². The molecule has 0 spiro atoms. The number of rotatable bonds is 7. The fraction of sp³-hybridized carbons (Fsp3) is 0.714. The number of hydrogen-bond donors (Lipinski definition) is 2. The average molecular weight is 344 g/mol. The zero-order valence-electron chi connectivity index (χ0n) is 15.5. The molecule has 2 saturated heterocycles. The van der Waals surface area contributed by atoms with Crippen LogP contribution in [0.1, 0.15) is 50.6 Å². The van der Waals surface area contributed by atoms with Gasteiger partial charge in [-0.2, -0.15) is 0 Å². The number of hydrogen-bond acceptors (Lipinski definition) is 4. The molecule has 0 aromatic heterocycles. The van der Waals surface area contributed by atoms with E-state index in [2.05, 4.69) is 52.8 Å². The zero-order chi connectivity index (χ0) is 17.1. The second-order valence-electron chi connectivity index (χ2n) is 8.26. The third-order valence-corrected chi connectivity index (χ3v) is 6.28. The van der Waals surface area contributed by atoms with Crippen LogP contribution in [0.25, 0.3) is 0 Å². The largest absolute Gasteiger partial charge is 0.381 e. The van der Waals surface area contributed by atoms with Gasteiger partial charge in [0.1, 0.15) is 0 Å². The van der Waals surface area contributed by atoms with E-state index in [4.69, 9.17) is 4.74 Å². The predicted molar refractivity (Wildman–Crippen MR) is 102 cm³/mol. The van der Waals surface area contributed by atoms with Crippen molar-refractivity contribution in [1.29, 1.82) is 0 Å². The molecular formula is C21H33N3O. The van der Waals surface area contributed by atoms with Crippen molar-refractivity contribution in [3.05, 3.63) is 35.9 Å². The number of likely N-dealkylation sites (tertiary alicyclic amines) is 1. The zero-order valence-corrected chi connectivity index (χ0v) is 15.5. The van der Waals surface area contributed by atoms with Gasteiger partial charge in [0.2, 0.25) is 0 Å². The minimum absolute atomic E-state index is 0.153. The standard InChI is InChI=1S/C21H33N3O/c1-17(18-5-3-2-4-6-18)23-21(10-13-25-14-11-21)16-22-19-9-12-24(15-19)20-7-8-20/h2-6,17,19-20,22-23H,7-16H2,1H3/t17-,19+/m1/s1. The molecule has 1 aromatic rings. The normalized spacial score (nSPS) is 28.1. The minimum atomic E-state index is 0.153. The summed E-state index contributed by atoms with van der Waals surface area (Å²) in [5, 5.41) is 7.86. The SMILES string of the molecule is C[C@@H](NC1(CN[C@H]2CCN(C3CC3)C2)CCOCC1)c1ccccc1. The monoisotopic (exact) mass is 343 g/mol. The Morgan fingerprint density at radius 2 is 1.92 bits per heavy atom. The van der Waals surface area contributed by atoms with Crippen LogP contribution in [-0.4, -0.2) is 55.4 Å². The molecule has 2 N–H and O–H groups in total. The summed E-state index contributed by atoms with van der Waals surface area (Å²) in [5.74, 6) is 0. The number of benzene rings is 1. The first-order chi connectivity index (χ1) is 12.2. The number of ether oxygens (including phenoxy) is 1. The van der Waals surface area contributed by atoms with Crippen LogP contribution in [0.4, 0.5) is 0 Å². The van der Waals surface area contributed by atoms with Crippen LogP contribution in [0.3, 0.4) is 0 Å². The Kier molecular flexibility index (Phi) is 5.41. The first kappa shape index (κ1) is 17.5. The summed E-state index contributed by atoms with van der Waals surface area (Å²) in [6.45, 7) is 7.61. The van der Waals surface area contributed by atoms with E-state index in [0.717, 1.165) is 38.6 Å². The van der Waals surface area contributed by atoms with Crippen LogP contribution in [-0.2, 0) is 4.74 Å². The number of nitrogens with zero attached hydrogens (tertiary/aromatic N) is 1. The highest BCUT2D eigenvalue weighted by molar-refractivity contribution is 5.19. The summed E-state index contributed by atoms with van der Waals surface area (Å²) in [4.78, 5) is 2.69. The Morgan fingerprint density at radius 3 is 2.64 bits per heavy atom. The fourth-order valence-corrected chi connectivity index (χ4v) is 4.48. The van der Waals surface area contributed by atoms with Gasteiger partial charge in [0.25, 0.3) is 0 Å². The molecule has 0 radical (unpaired) electrons. The maximum absolute atomic E-state index is 5.66. The van der Waals surface area contributed by atoms with Gasteiger partial charge in [-0.3, -0.25) is 4.90 Å². The molecule has 3 fully saturated rings. The maximum atomic E-state index is 5.66. The average Bonchev–Trinajstić information content (AvgIpc) is 3.40. The van der Waals surface area contributed by atoms with Crippen LogP contribution in [0.5, 0.6) is 0 Å². The third kappa shape index (κ3) is 4.43. The van der Waals surface area contributed by atoms with E-state index < -0.39 is 0 Å². The Bertz CT molecular complexity index is 539. The Morgan fingerprint density at radius 1 is 1.16 bits per heavy atom. The van der Waals surface area contributed by atoms with Gasteiger partial charge < -0.3 is 15.4 Å². The lowest BCUT2D eigenvalue weighted by Gasteiger charge is -2.41. The molecule has 2 aliphatic heterocycles. The minimum Gasteiger partial charge on any atom is -0.381 e. The van der Waals surface area contributed by atoms with Crippen molar-refractivity contribution in [2.24, 2.45) is 0 Å². The first-order valence-corrected chi connectivity index (χ1v) is 10.1. The van der Waals surface area contributed by atoms with E-state index in [1.165, 1.54) is 37.9 Å². The second kappa shape index (κ2) is 7.75. The molecule has 1 saturated carbocycles. The lowest BCUT2D eigenvalue weighted by Crippen LogP contribution is -2.57. The second-order valence-corrected chi connectivity index (χ2v) is 8.26. The smallest absolute Gasteiger partial charge is 0.0484 e. The lowest BCUT2D eigenvalue weighted by molar-refractivity contribution is 0.0328. The van der Waals surface area contributed by atoms with Gasteiger partial charge in [-0.25, -0.2) is 0 Å². The Hall–Kier alpha value is -0.940. The summed E-state index contributed by atoms with van der Waals surface area (Å²) in [5.41, 5.74) is 1.52. The van der Waals surface area contributed by atoms with Crippen molar-refractivity contribution in [2.75, 3.05) is 32.8 Å². The van der Waals surface area contributed by atoms with E-state index in [-0.39, 0.29) is 5.54 Å². The van der Waals surface area contributed by atoms with Crippen molar-refractivity contribution in [1.82, 2.24) is 15.5 Å². The number of nitrogens with one attached hydrogen (secondary N) is 2. The third-order valence-electron chi connectivity index (χ3n) is 6.28. The molecule has 138 valence electrons. The first-order valence-electron chi connectivity index (χ1n) is 10.1. The molecule has 25 heavy (non-hydrogen) atoms. The van der Waals surface area contributed by atoms with Crippen LogP contribution in [0.15, 0.2) is 30.3 Å². The molecule has 3 aliphatic rings. The van der Waals surface area contributed by atoms with Gasteiger partial charge in [-0.1, -0.05) is 30.3 Å². The highest BCUT2D eigenvalue weighted by atomic mass is 16.5. The molecule has 4 rings (SSSR count). The van der Waals surface area contributed by atoms with Crippen molar-refractivity contribution in [2.45, 2.75) is 62.7 Å². The highest BCUT2D eigenvalue weighted by Crippen LogP contribution is 2.30. The van der Waals surface area contributed by atoms with E-state index in [1.54, 1.807) is 0 Å². The molecule has 2 heterocycles. The molecule has 2 atom stereocenters. The molecule has 0 unspecified atom stereocenters. The Balaban J connectivity index is 1.35. The molecule has 1 aliphatic carbocycles. The Labute approximate surface area is 152 Å². The van der Waals surface area contributed by atoms with Crippen LogP contribution in [0.2, 0.25) is 0 Å². The maximum Gasteiger partial charge on any atom is 0.0484 e. The predicted octanol–water partition coefficient (Wildman–Crippen LogP) is 2.71. The van der Waals surface area contributed by atoms with Crippen molar-refractivity contribution in [3.8, 4) is 0 Å². The summed E-state index contributed by atoms with van der Waals surface area (Å²) in [6.07, 6.45) is 6.33. The summed E-state index contributed by atoms with van der Waals surface area (Å²) in [7, 11) is 0. The molecule has 4 nitrogen and oxygen atoms in total. The van der Waals surface area contributed by atoms with Gasteiger partial charge >= 0.3 is 0 Å². The topological polar surface area (TPSA) is 36.5 Å². The summed E-state index contributed by atoms with van der Waals surface area (Å²) in [6, 6.07) is 12.7. The van der Waals surface area contributed by atoms with Gasteiger partial charge in [-0.15, -0.1) is 0 Å². The molecular weight excluding hydrogens is 310 g/mol. The van der Waals surface area contributed by atoms with Gasteiger partial charge in [-0.05, 0) is 44.6 Å². The van der Waals surface area contributed by atoms with Crippen LogP contribution < -0.4 is 10.6 Å². The molecule has 4 heteroatoms. The van der Waals surface area contributed by atoms with Crippen LogP contribution >= 0.6 is 0 Å². The highest BCUT2D eigenvalue weighted by Gasteiger charge is 2.37.